The van der Waals surface area contributed by atoms with E-state index in [1.807, 2.05) is 18.3 Å². The molecule has 5 heteroatoms. The van der Waals surface area contributed by atoms with Gasteiger partial charge in [0, 0.05) is 41.5 Å². The maximum absolute atomic E-state index is 6.22. The predicted octanol–water partition coefficient (Wildman–Crippen LogP) is 7.00. The van der Waals surface area contributed by atoms with Gasteiger partial charge in [-0.25, -0.2) is 4.98 Å². The fourth-order valence-electron chi connectivity index (χ4n) is 3.79. The van der Waals surface area contributed by atoms with Crippen LogP contribution in [-0.4, -0.2) is 16.1 Å². The number of anilines is 2. The molecule has 0 radical (unpaired) electrons. The molecule has 0 saturated carbocycles. The Morgan fingerprint density at radius 1 is 1.14 bits per heavy atom. The topological polar surface area (TPSA) is 47.0 Å². The third-order valence-corrected chi connectivity index (χ3v) is 6.16. The molecule has 1 aromatic carbocycles. The summed E-state index contributed by atoms with van der Waals surface area (Å²) in [6.07, 6.45) is 14.1. The van der Waals surface area contributed by atoms with Crippen LogP contribution >= 0.6 is 11.3 Å². The van der Waals surface area contributed by atoms with E-state index >= 15 is 0 Å². The molecule has 0 aliphatic carbocycles. The van der Waals surface area contributed by atoms with Crippen molar-refractivity contribution in [3.8, 4) is 17.0 Å². The number of hydrogen-bond acceptors (Lipinski definition) is 5. The first-order valence-electron chi connectivity index (χ1n) is 10.7. The number of ether oxygens (including phenoxy) is 1. The summed E-state index contributed by atoms with van der Waals surface area (Å²) in [6.45, 7) is 2.26. The second-order valence-electron chi connectivity index (χ2n) is 7.73. The Kier molecular flexibility index (Phi) is 6.78. The average molecular weight is 408 g/mol. The predicted molar refractivity (Wildman–Crippen MR) is 121 cm³/mol. The maximum atomic E-state index is 6.22. The van der Waals surface area contributed by atoms with Gasteiger partial charge in [-0.1, -0.05) is 45.1 Å². The van der Waals surface area contributed by atoms with Crippen LogP contribution in [0.3, 0.4) is 0 Å². The molecule has 4 rings (SSSR count). The normalized spacial score (nSPS) is 15.1. The van der Waals surface area contributed by atoms with Crippen LogP contribution in [0.15, 0.2) is 48.1 Å². The second kappa shape index (κ2) is 9.88. The molecule has 0 spiro atoms. The van der Waals surface area contributed by atoms with Gasteiger partial charge in [0.25, 0.3) is 0 Å². The standard InChI is InChI=1S/C24H29N3OS/c1-2-3-4-5-6-7-10-21-14-18-11-12-20(15-23(18)28-21)26-24-27-22(17-29-24)19-9-8-13-25-16-19/h8-9,11-13,15-17,21H,2-7,10,14H2,1H3,(H,26,27). The smallest absolute Gasteiger partial charge is 0.187 e. The summed E-state index contributed by atoms with van der Waals surface area (Å²) in [5.74, 6) is 1.02. The zero-order valence-corrected chi connectivity index (χ0v) is 17.9. The summed E-state index contributed by atoms with van der Waals surface area (Å²) in [4.78, 5) is 8.85. The number of hydrogen-bond donors (Lipinski definition) is 1. The molecular weight excluding hydrogens is 378 g/mol. The third-order valence-electron chi connectivity index (χ3n) is 5.40. The highest BCUT2D eigenvalue weighted by Gasteiger charge is 2.22. The first-order chi connectivity index (χ1) is 14.3. The van der Waals surface area contributed by atoms with E-state index in [-0.39, 0.29) is 0 Å². The summed E-state index contributed by atoms with van der Waals surface area (Å²) < 4.78 is 6.22. The number of aromatic nitrogens is 2. The Morgan fingerprint density at radius 2 is 2.03 bits per heavy atom. The van der Waals surface area contributed by atoms with Gasteiger partial charge in [-0.15, -0.1) is 11.3 Å². The van der Waals surface area contributed by atoms with E-state index in [1.165, 1.54) is 44.1 Å². The first-order valence-corrected chi connectivity index (χ1v) is 11.6. The number of rotatable bonds is 10. The van der Waals surface area contributed by atoms with Crippen LogP contribution in [0.2, 0.25) is 0 Å². The van der Waals surface area contributed by atoms with Crippen molar-refractivity contribution in [2.45, 2.75) is 64.4 Å². The summed E-state index contributed by atoms with van der Waals surface area (Å²) in [7, 11) is 0. The number of nitrogens with one attached hydrogen (secondary N) is 1. The van der Waals surface area contributed by atoms with Crippen molar-refractivity contribution in [3.05, 3.63) is 53.7 Å². The SMILES string of the molecule is CCCCCCCCC1Cc2ccc(Nc3nc(-c4cccnc4)cs3)cc2O1. The summed E-state index contributed by atoms with van der Waals surface area (Å²) in [6, 6.07) is 10.4. The van der Waals surface area contributed by atoms with Crippen LogP contribution in [0.5, 0.6) is 5.75 Å². The molecule has 1 unspecified atom stereocenters. The molecule has 29 heavy (non-hydrogen) atoms. The fraction of sp³-hybridized carbons (Fsp3) is 0.417. The van der Waals surface area contributed by atoms with Crippen LogP contribution in [0.4, 0.5) is 10.8 Å². The van der Waals surface area contributed by atoms with E-state index < -0.39 is 0 Å². The quantitative estimate of drug-likeness (QED) is 0.367. The van der Waals surface area contributed by atoms with Crippen molar-refractivity contribution >= 4 is 22.2 Å². The van der Waals surface area contributed by atoms with Gasteiger partial charge < -0.3 is 10.1 Å². The highest BCUT2D eigenvalue weighted by Crippen LogP contribution is 2.35. The number of pyridine rings is 1. The zero-order valence-electron chi connectivity index (χ0n) is 17.1. The van der Waals surface area contributed by atoms with Crippen LogP contribution < -0.4 is 10.1 Å². The number of nitrogens with zero attached hydrogens (tertiary/aromatic N) is 2. The molecule has 1 aliphatic rings. The molecule has 0 fully saturated rings. The van der Waals surface area contributed by atoms with Crippen molar-refractivity contribution in [1.29, 1.82) is 0 Å². The summed E-state index contributed by atoms with van der Waals surface area (Å²) in [5.41, 5.74) is 4.33. The minimum Gasteiger partial charge on any atom is -0.490 e. The average Bonchev–Trinajstić information content (AvgIpc) is 3.38. The molecule has 1 N–H and O–H groups in total. The Bertz CT molecular complexity index is 909. The molecular formula is C24H29N3OS. The van der Waals surface area contributed by atoms with Gasteiger partial charge in [-0.05, 0) is 36.6 Å². The molecule has 0 saturated heterocycles. The molecule has 0 amide bonds. The minimum absolute atomic E-state index is 0.337. The van der Waals surface area contributed by atoms with Gasteiger partial charge in [0.05, 0.1) is 5.69 Å². The van der Waals surface area contributed by atoms with Crippen LogP contribution in [-0.2, 0) is 6.42 Å². The van der Waals surface area contributed by atoms with E-state index in [0.29, 0.717) is 6.10 Å². The van der Waals surface area contributed by atoms with Gasteiger partial charge in [-0.2, -0.15) is 0 Å². The minimum atomic E-state index is 0.337. The number of thiazole rings is 1. The van der Waals surface area contributed by atoms with E-state index in [4.69, 9.17) is 4.74 Å². The molecule has 3 heterocycles. The largest absolute Gasteiger partial charge is 0.490 e. The van der Waals surface area contributed by atoms with Crippen molar-refractivity contribution in [2.24, 2.45) is 0 Å². The Morgan fingerprint density at radius 3 is 2.90 bits per heavy atom. The Balaban J connectivity index is 1.30. The van der Waals surface area contributed by atoms with E-state index in [9.17, 15) is 0 Å². The summed E-state index contributed by atoms with van der Waals surface area (Å²) in [5, 5.41) is 6.35. The molecule has 1 atom stereocenters. The van der Waals surface area contributed by atoms with Crippen molar-refractivity contribution in [1.82, 2.24) is 9.97 Å². The fourth-order valence-corrected chi connectivity index (χ4v) is 4.53. The van der Waals surface area contributed by atoms with E-state index in [0.717, 1.165) is 40.7 Å². The molecule has 152 valence electrons. The van der Waals surface area contributed by atoms with Crippen molar-refractivity contribution in [3.63, 3.8) is 0 Å². The lowest BCUT2D eigenvalue weighted by Gasteiger charge is -2.10. The third kappa shape index (κ3) is 5.36. The zero-order chi connectivity index (χ0) is 19.9. The Labute approximate surface area is 177 Å². The lowest BCUT2D eigenvalue weighted by molar-refractivity contribution is 0.216. The summed E-state index contributed by atoms with van der Waals surface area (Å²) >= 11 is 1.60. The van der Waals surface area contributed by atoms with Crippen molar-refractivity contribution < 1.29 is 4.74 Å². The van der Waals surface area contributed by atoms with Gasteiger partial charge in [0.2, 0.25) is 0 Å². The van der Waals surface area contributed by atoms with Gasteiger partial charge in [0.1, 0.15) is 11.9 Å². The number of benzene rings is 1. The highest BCUT2D eigenvalue weighted by molar-refractivity contribution is 7.14. The molecule has 3 aromatic rings. The van der Waals surface area contributed by atoms with E-state index in [1.54, 1.807) is 17.5 Å². The van der Waals surface area contributed by atoms with Crippen LogP contribution in [0.25, 0.3) is 11.3 Å². The molecule has 2 aromatic heterocycles. The second-order valence-corrected chi connectivity index (χ2v) is 8.59. The van der Waals surface area contributed by atoms with E-state index in [2.05, 4.69) is 45.8 Å². The molecule has 0 bridgehead atoms. The van der Waals surface area contributed by atoms with Gasteiger partial charge in [-0.3, -0.25) is 4.98 Å². The van der Waals surface area contributed by atoms with Crippen LogP contribution in [0.1, 0.15) is 57.4 Å². The first kappa shape index (κ1) is 19.9. The van der Waals surface area contributed by atoms with Crippen LogP contribution in [0, 0.1) is 0 Å². The number of fused-ring (bicyclic) bond motifs is 1. The van der Waals surface area contributed by atoms with Gasteiger partial charge in [0.15, 0.2) is 5.13 Å². The molecule has 4 nitrogen and oxygen atoms in total. The lowest BCUT2D eigenvalue weighted by Crippen LogP contribution is -2.12. The lowest BCUT2D eigenvalue weighted by atomic mass is 10.0. The van der Waals surface area contributed by atoms with Gasteiger partial charge >= 0.3 is 0 Å². The highest BCUT2D eigenvalue weighted by atomic mass is 32.1. The Hall–Kier alpha value is -2.40. The maximum Gasteiger partial charge on any atom is 0.187 e. The monoisotopic (exact) mass is 407 g/mol. The van der Waals surface area contributed by atoms with Crippen molar-refractivity contribution in [2.75, 3.05) is 5.32 Å². The molecule has 1 aliphatic heterocycles. The number of unbranched alkanes of at least 4 members (excludes halogenated alkanes) is 5.